The predicted octanol–water partition coefficient (Wildman–Crippen LogP) is 5.07. The van der Waals surface area contributed by atoms with Gasteiger partial charge < -0.3 is 9.88 Å². The molecule has 0 unspecified atom stereocenters. The molecule has 3 heteroatoms. The minimum atomic E-state index is 0.709. The number of piperidine rings is 1. The van der Waals surface area contributed by atoms with Crippen molar-refractivity contribution in [2.45, 2.75) is 51.2 Å². The molecule has 1 saturated heterocycles. The fourth-order valence-electron chi connectivity index (χ4n) is 4.36. The number of aryl methyl sites for hydroxylation is 1. The summed E-state index contributed by atoms with van der Waals surface area (Å²) in [6.45, 7) is 5.82. The van der Waals surface area contributed by atoms with Crippen molar-refractivity contribution in [2.75, 3.05) is 19.6 Å². The monoisotopic (exact) mass is 375 g/mol. The molecule has 3 nitrogen and oxygen atoms in total. The molecule has 1 N–H and O–H groups in total. The topological polar surface area (TPSA) is 20.2 Å². The van der Waals surface area contributed by atoms with Crippen LogP contribution in [0.15, 0.2) is 66.9 Å². The summed E-state index contributed by atoms with van der Waals surface area (Å²) in [6.07, 6.45) is 8.63. The molecule has 1 aliphatic heterocycles. The van der Waals surface area contributed by atoms with Crippen molar-refractivity contribution in [3.8, 4) is 0 Å². The van der Waals surface area contributed by atoms with Crippen molar-refractivity contribution in [2.24, 2.45) is 0 Å². The molecular weight excluding hydrogens is 342 g/mol. The largest absolute Gasteiger partial charge is 0.347 e. The molecule has 0 spiro atoms. The second-order valence-electron chi connectivity index (χ2n) is 8.12. The Balaban J connectivity index is 1.08. The van der Waals surface area contributed by atoms with Gasteiger partial charge in [0.1, 0.15) is 0 Å². The number of benzene rings is 2. The van der Waals surface area contributed by atoms with E-state index in [2.05, 4.69) is 81.6 Å². The number of unbranched alkanes of at least 4 members (excludes halogenated alkanes) is 2. The van der Waals surface area contributed by atoms with Crippen molar-refractivity contribution in [3.63, 3.8) is 0 Å². The molecule has 1 fully saturated rings. The van der Waals surface area contributed by atoms with Gasteiger partial charge >= 0.3 is 0 Å². The highest BCUT2D eigenvalue weighted by Gasteiger charge is 2.18. The van der Waals surface area contributed by atoms with Crippen LogP contribution >= 0.6 is 0 Å². The van der Waals surface area contributed by atoms with Gasteiger partial charge in [0.25, 0.3) is 0 Å². The van der Waals surface area contributed by atoms with Gasteiger partial charge in [0.2, 0.25) is 0 Å². The Bertz CT molecular complexity index is 831. The van der Waals surface area contributed by atoms with E-state index in [1.807, 2.05) is 0 Å². The molecule has 0 aliphatic carbocycles. The van der Waals surface area contributed by atoms with Crippen LogP contribution in [0, 0.1) is 0 Å². The molecular formula is C25H33N3. The first-order valence-corrected chi connectivity index (χ1v) is 10.9. The van der Waals surface area contributed by atoms with Crippen molar-refractivity contribution >= 4 is 10.9 Å². The first kappa shape index (κ1) is 19.2. The molecule has 1 aliphatic rings. The van der Waals surface area contributed by atoms with Crippen LogP contribution in [0.4, 0.5) is 0 Å². The predicted molar refractivity (Wildman–Crippen MR) is 119 cm³/mol. The molecule has 0 saturated carbocycles. The summed E-state index contributed by atoms with van der Waals surface area (Å²) in [4.78, 5) is 2.59. The number of hydrogen-bond acceptors (Lipinski definition) is 2. The molecule has 28 heavy (non-hydrogen) atoms. The third kappa shape index (κ3) is 5.24. The Kier molecular flexibility index (Phi) is 6.80. The second-order valence-corrected chi connectivity index (χ2v) is 8.12. The molecule has 0 amide bonds. The van der Waals surface area contributed by atoms with Gasteiger partial charge in [0, 0.05) is 30.8 Å². The molecule has 1 aromatic heterocycles. The van der Waals surface area contributed by atoms with Gasteiger partial charge in [-0.3, -0.25) is 4.90 Å². The van der Waals surface area contributed by atoms with Crippen LogP contribution in [0.1, 0.15) is 37.7 Å². The molecule has 2 aromatic carbocycles. The molecule has 0 radical (unpaired) electrons. The van der Waals surface area contributed by atoms with E-state index in [4.69, 9.17) is 0 Å². The summed E-state index contributed by atoms with van der Waals surface area (Å²) in [5, 5.41) is 5.15. The Morgan fingerprint density at radius 3 is 2.46 bits per heavy atom. The van der Waals surface area contributed by atoms with Crippen molar-refractivity contribution in [1.29, 1.82) is 0 Å². The van der Waals surface area contributed by atoms with Crippen molar-refractivity contribution in [1.82, 2.24) is 14.8 Å². The highest BCUT2D eigenvalue weighted by molar-refractivity contribution is 5.79. The third-order valence-corrected chi connectivity index (χ3v) is 6.03. The Hall–Kier alpha value is -2.10. The summed E-state index contributed by atoms with van der Waals surface area (Å²) < 4.78 is 2.39. The molecule has 4 rings (SSSR count). The maximum Gasteiger partial charge on any atom is 0.0480 e. The van der Waals surface area contributed by atoms with E-state index >= 15 is 0 Å². The van der Waals surface area contributed by atoms with Gasteiger partial charge in [-0.2, -0.15) is 0 Å². The van der Waals surface area contributed by atoms with Crippen LogP contribution in [-0.2, 0) is 13.1 Å². The fourth-order valence-corrected chi connectivity index (χ4v) is 4.36. The smallest absolute Gasteiger partial charge is 0.0480 e. The molecule has 0 bridgehead atoms. The SMILES string of the molecule is c1ccc(CN2CCC(NCCCCCn3ccc4ccccc43)CC2)cc1. The van der Waals surface area contributed by atoms with Gasteiger partial charge in [-0.25, -0.2) is 0 Å². The number of aromatic nitrogens is 1. The number of nitrogens with one attached hydrogen (secondary N) is 1. The maximum absolute atomic E-state index is 3.80. The molecule has 3 aromatic rings. The highest BCUT2D eigenvalue weighted by atomic mass is 15.1. The zero-order valence-corrected chi connectivity index (χ0v) is 16.9. The van der Waals surface area contributed by atoms with Gasteiger partial charge in [0.05, 0.1) is 0 Å². The summed E-state index contributed by atoms with van der Waals surface area (Å²) in [7, 11) is 0. The lowest BCUT2D eigenvalue weighted by atomic mass is 10.0. The summed E-state index contributed by atoms with van der Waals surface area (Å²) in [5.74, 6) is 0. The van der Waals surface area contributed by atoms with E-state index < -0.39 is 0 Å². The highest BCUT2D eigenvalue weighted by Crippen LogP contribution is 2.16. The Labute approximate surface area is 169 Å². The van der Waals surface area contributed by atoms with E-state index in [1.54, 1.807) is 0 Å². The molecule has 2 heterocycles. The van der Waals surface area contributed by atoms with Crippen molar-refractivity contribution < 1.29 is 0 Å². The lowest BCUT2D eigenvalue weighted by molar-refractivity contribution is 0.190. The average Bonchev–Trinajstić information content (AvgIpc) is 3.16. The zero-order chi connectivity index (χ0) is 19.0. The van der Waals surface area contributed by atoms with Crippen LogP contribution in [0.25, 0.3) is 10.9 Å². The summed E-state index contributed by atoms with van der Waals surface area (Å²) >= 11 is 0. The number of likely N-dealkylation sites (tertiary alicyclic amines) is 1. The van der Waals surface area contributed by atoms with Gasteiger partial charge in [0.15, 0.2) is 0 Å². The molecule has 148 valence electrons. The van der Waals surface area contributed by atoms with Gasteiger partial charge in [-0.05, 0) is 68.4 Å². The lowest BCUT2D eigenvalue weighted by Gasteiger charge is -2.32. The van der Waals surface area contributed by atoms with Crippen LogP contribution in [-0.4, -0.2) is 35.1 Å². The standard InChI is InChI=1S/C25H33N3/c1-3-9-22(10-4-1)21-27-18-14-24(15-19-27)26-16-7-2-8-17-28-20-13-23-11-5-6-12-25(23)28/h1,3-6,9-13,20,24,26H,2,7-8,14-19,21H2. The fraction of sp³-hybridized carbons (Fsp3) is 0.440. The van der Waals surface area contributed by atoms with Gasteiger partial charge in [-0.15, -0.1) is 0 Å². The number of nitrogens with zero attached hydrogens (tertiary/aromatic N) is 2. The average molecular weight is 376 g/mol. The van der Waals surface area contributed by atoms with E-state index in [-0.39, 0.29) is 0 Å². The quantitative estimate of drug-likeness (QED) is 0.527. The zero-order valence-electron chi connectivity index (χ0n) is 16.9. The minimum absolute atomic E-state index is 0.709. The number of hydrogen-bond donors (Lipinski definition) is 1. The summed E-state index contributed by atoms with van der Waals surface area (Å²) in [5.41, 5.74) is 2.80. The first-order chi connectivity index (χ1) is 13.9. The van der Waals surface area contributed by atoms with Crippen LogP contribution in [0.5, 0.6) is 0 Å². The molecule has 0 atom stereocenters. The maximum atomic E-state index is 3.80. The van der Waals surface area contributed by atoms with Gasteiger partial charge in [-0.1, -0.05) is 55.0 Å². The number of fused-ring (bicyclic) bond motifs is 1. The summed E-state index contributed by atoms with van der Waals surface area (Å²) in [6, 6.07) is 22.5. The van der Waals surface area contributed by atoms with E-state index in [9.17, 15) is 0 Å². The second kappa shape index (κ2) is 9.90. The normalized spacial score (nSPS) is 16.0. The van der Waals surface area contributed by atoms with Crippen LogP contribution < -0.4 is 5.32 Å². The first-order valence-electron chi connectivity index (χ1n) is 10.9. The minimum Gasteiger partial charge on any atom is -0.347 e. The third-order valence-electron chi connectivity index (χ3n) is 6.03. The van der Waals surface area contributed by atoms with E-state index in [0.29, 0.717) is 6.04 Å². The Morgan fingerprint density at radius 2 is 1.61 bits per heavy atom. The lowest BCUT2D eigenvalue weighted by Crippen LogP contribution is -2.42. The van der Waals surface area contributed by atoms with Crippen LogP contribution in [0.3, 0.4) is 0 Å². The van der Waals surface area contributed by atoms with Crippen molar-refractivity contribution in [3.05, 3.63) is 72.4 Å². The number of rotatable bonds is 9. The Morgan fingerprint density at radius 1 is 0.821 bits per heavy atom. The van der Waals surface area contributed by atoms with Crippen LogP contribution in [0.2, 0.25) is 0 Å². The number of para-hydroxylation sites is 1. The van der Waals surface area contributed by atoms with E-state index in [0.717, 1.165) is 19.6 Å². The van der Waals surface area contributed by atoms with E-state index in [1.165, 1.54) is 61.7 Å².